The number of unbranched alkanes of at least 4 members (excludes halogenated alkanes) is 6. The van der Waals surface area contributed by atoms with E-state index in [1.165, 1.54) is 37.7 Å². The average molecular weight is 476 g/mol. The highest BCUT2D eigenvalue weighted by Crippen LogP contribution is 2.25. The van der Waals surface area contributed by atoms with Crippen molar-refractivity contribution >= 4 is 18.4 Å². The van der Waals surface area contributed by atoms with Gasteiger partial charge in [0.2, 0.25) is 0 Å². The zero-order chi connectivity index (χ0) is 24.7. The van der Waals surface area contributed by atoms with E-state index in [1.807, 2.05) is 6.07 Å². The number of aliphatic imine (C=N–C) groups is 1. The zero-order valence-electron chi connectivity index (χ0n) is 21.4. The second-order valence-electron chi connectivity index (χ2n) is 9.00. The van der Waals surface area contributed by atoms with Gasteiger partial charge in [0.1, 0.15) is 5.84 Å². The van der Waals surface area contributed by atoms with Crippen LogP contribution in [0.5, 0.6) is 0 Å². The molecule has 3 N–H and O–H groups in total. The Kier molecular flexibility index (Phi) is 11.3. The third-order valence-electron chi connectivity index (χ3n) is 6.18. The Hall–Kier alpha value is -3.19. The molecule has 2 aromatic rings. The van der Waals surface area contributed by atoms with E-state index in [4.69, 9.17) is 5.10 Å². The van der Waals surface area contributed by atoms with Crippen molar-refractivity contribution in [1.82, 2.24) is 21.5 Å². The first kappa shape index (κ1) is 26.4. The maximum absolute atomic E-state index is 4.89. The lowest BCUT2D eigenvalue weighted by Gasteiger charge is -2.20. The van der Waals surface area contributed by atoms with Gasteiger partial charge in [-0.3, -0.25) is 10.4 Å². The monoisotopic (exact) mass is 475 g/mol. The number of amidine groups is 2. The molecule has 1 aliphatic heterocycles. The molecule has 1 heterocycles. The van der Waals surface area contributed by atoms with Crippen molar-refractivity contribution in [2.24, 2.45) is 15.2 Å². The summed E-state index contributed by atoms with van der Waals surface area (Å²) in [5.74, 6) is 1.63. The molecule has 0 aliphatic carbocycles. The van der Waals surface area contributed by atoms with Crippen LogP contribution in [0.15, 0.2) is 63.7 Å². The number of hydrogen-bond donors (Lipinski definition) is 3. The summed E-state index contributed by atoms with van der Waals surface area (Å²) in [4.78, 5) is 4.24. The maximum atomic E-state index is 4.89. The molecular weight excluding hydrogens is 434 g/mol. The van der Waals surface area contributed by atoms with Crippen molar-refractivity contribution in [2.75, 3.05) is 6.54 Å². The van der Waals surface area contributed by atoms with E-state index >= 15 is 0 Å². The minimum atomic E-state index is 0.763. The third-order valence-corrected chi connectivity index (χ3v) is 6.18. The van der Waals surface area contributed by atoms with Gasteiger partial charge in [-0.05, 0) is 36.2 Å². The van der Waals surface area contributed by atoms with E-state index in [0.29, 0.717) is 0 Å². The molecule has 0 atom stereocenters. The fourth-order valence-corrected chi connectivity index (χ4v) is 4.16. The number of nitrogens with zero attached hydrogens (tertiary/aromatic N) is 4. The molecule has 0 radical (unpaired) electrons. The third kappa shape index (κ3) is 8.51. The summed E-state index contributed by atoms with van der Waals surface area (Å²) in [7, 11) is 0. The summed E-state index contributed by atoms with van der Waals surface area (Å²) in [6.07, 6.45) is 10.7. The molecule has 0 amide bonds. The van der Waals surface area contributed by atoms with Gasteiger partial charge < -0.3 is 0 Å². The van der Waals surface area contributed by atoms with E-state index in [-0.39, 0.29) is 0 Å². The molecule has 0 unspecified atom stereocenters. The Bertz CT molecular complexity index is 966. The van der Waals surface area contributed by atoms with Gasteiger partial charge in [0.05, 0.1) is 6.54 Å². The first-order valence-electron chi connectivity index (χ1n) is 13.1. The highest BCUT2D eigenvalue weighted by molar-refractivity contribution is 6.04. The van der Waals surface area contributed by atoms with Crippen LogP contribution in [0.1, 0.15) is 82.8 Å². The van der Waals surface area contributed by atoms with Gasteiger partial charge in [0.15, 0.2) is 5.84 Å². The van der Waals surface area contributed by atoms with Gasteiger partial charge in [-0.2, -0.15) is 5.10 Å². The molecule has 7 heteroatoms. The normalized spacial score (nSPS) is 13.2. The van der Waals surface area contributed by atoms with Gasteiger partial charge in [0, 0.05) is 18.5 Å². The minimum Gasteiger partial charge on any atom is -0.291 e. The van der Waals surface area contributed by atoms with Crippen LogP contribution in [0.4, 0.5) is 0 Å². The second kappa shape index (κ2) is 14.9. The van der Waals surface area contributed by atoms with Crippen molar-refractivity contribution in [2.45, 2.75) is 78.2 Å². The smallest absolute Gasteiger partial charge is 0.171 e. The topological polar surface area (TPSA) is 76.4 Å². The van der Waals surface area contributed by atoms with Crippen LogP contribution in [-0.2, 0) is 6.54 Å². The van der Waals surface area contributed by atoms with Gasteiger partial charge in [0.25, 0.3) is 0 Å². The Balaban J connectivity index is 1.66. The Morgan fingerprint density at radius 3 is 2.29 bits per heavy atom. The molecule has 7 nitrogen and oxygen atoms in total. The fraction of sp³-hybridized carbons (Fsp3) is 0.464. The van der Waals surface area contributed by atoms with Crippen LogP contribution < -0.4 is 16.5 Å². The van der Waals surface area contributed by atoms with E-state index in [0.717, 1.165) is 67.1 Å². The first-order chi connectivity index (χ1) is 17.2. The van der Waals surface area contributed by atoms with E-state index < -0.39 is 0 Å². The highest BCUT2D eigenvalue weighted by Gasteiger charge is 2.14. The van der Waals surface area contributed by atoms with Crippen LogP contribution >= 0.6 is 0 Å². The molecule has 3 rings (SSSR count). The lowest BCUT2D eigenvalue weighted by Crippen LogP contribution is -2.35. The Morgan fingerprint density at radius 1 is 0.886 bits per heavy atom. The molecule has 0 saturated heterocycles. The maximum Gasteiger partial charge on any atom is 0.171 e. The first-order valence-corrected chi connectivity index (χ1v) is 13.1. The summed E-state index contributed by atoms with van der Waals surface area (Å²) >= 11 is 0. The van der Waals surface area contributed by atoms with E-state index in [1.54, 1.807) is 0 Å². The molecule has 188 valence electrons. The van der Waals surface area contributed by atoms with Crippen molar-refractivity contribution in [1.29, 1.82) is 0 Å². The Morgan fingerprint density at radius 2 is 1.60 bits per heavy atom. The molecule has 0 spiro atoms. The summed E-state index contributed by atoms with van der Waals surface area (Å²) in [5, 5.41) is 11.3. The van der Waals surface area contributed by atoms with Crippen LogP contribution in [0.3, 0.4) is 0 Å². The number of hydrazone groups is 2. The molecule has 2 aromatic carbocycles. The summed E-state index contributed by atoms with van der Waals surface area (Å²) in [5.41, 5.74) is 13.2. The van der Waals surface area contributed by atoms with Gasteiger partial charge in [-0.25, -0.2) is 10.5 Å². The number of hydrogen-bond acceptors (Lipinski definition) is 6. The molecule has 35 heavy (non-hydrogen) atoms. The molecule has 0 aromatic heterocycles. The molecule has 0 saturated carbocycles. The minimum absolute atomic E-state index is 0.763. The lowest BCUT2D eigenvalue weighted by atomic mass is 9.98. The summed E-state index contributed by atoms with van der Waals surface area (Å²) in [6, 6.07) is 17.0. The largest absolute Gasteiger partial charge is 0.291 e. The van der Waals surface area contributed by atoms with Crippen LogP contribution in [0.2, 0.25) is 0 Å². The van der Waals surface area contributed by atoms with Crippen molar-refractivity contribution in [3.05, 3.63) is 59.7 Å². The Labute approximate surface area is 210 Å². The number of benzene rings is 2. The second-order valence-corrected chi connectivity index (χ2v) is 9.00. The number of rotatable bonds is 15. The van der Waals surface area contributed by atoms with Gasteiger partial charge in [-0.1, -0.05) is 101 Å². The molecular formula is C28H41N7. The van der Waals surface area contributed by atoms with Gasteiger partial charge >= 0.3 is 0 Å². The fourth-order valence-electron chi connectivity index (χ4n) is 4.16. The van der Waals surface area contributed by atoms with Crippen LogP contribution in [0.25, 0.3) is 11.1 Å². The summed E-state index contributed by atoms with van der Waals surface area (Å²) in [6.45, 7) is 9.93. The molecule has 0 bridgehead atoms. The average Bonchev–Trinajstić information content (AvgIpc) is 3.44. The van der Waals surface area contributed by atoms with Crippen LogP contribution in [-0.4, -0.2) is 29.9 Å². The lowest BCUT2D eigenvalue weighted by molar-refractivity contribution is 0.273. The van der Waals surface area contributed by atoms with E-state index in [2.05, 4.69) is 94.6 Å². The van der Waals surface area contributed by atoms with Crippen molar-refractivity contribution in [3.63, 3.8) is 0 Å². The zero-order valence-corrected chi connectivity index (χ0v) is 21.4. The standard InChI is InChI=1S/C28H41N7/c1-4-6-8-9-10-11-16-27(29-3)32-35(21-7-5-2)22-23-17-19-24(20-18-23)25-14-12-13-15-26(25)28-30-33-34-31-28/h12-15,17-20,33-34H,3-11,16,21-22H2,1-2H3,(H,30,31)/b32-27-. The molecule has 0 fully saturated rings. The molecule has 1 aliphatic rings. The van der Waals surface area contributed by atoms with Crippen molar-refractivity contribution in [3.8, 4) is 11.1 Å². The SMILES string of the molecule is C=N/C(CCCCCCCC)=N\N(CCCC)Cc1ccc(-c2ccccc2C2=NNNN2)cc1. The number of nitrogens with one attached hydrogen (secondary N) is 3. The summed E-state index contributed by atoms with van der Waals surface area (Å²) < 4.78 is 0. The number of hydrazine groups is 2. The van der Waals surface area contributed by atoms with Crippen molar-refractivity contribution < 1.29 is 0 Å². The highest BCUT2D eigenvalue weighted by atomic mass is 15.8. The van der Waals surface area contributed by atoms with Gasteiger partial charge in [-0.15, -0.1) is 10.6 Å². The predicted molar refractivity (Wildman–Crippen MR) is 148 cm³/mol. The van der Waals surface area contributed by atoms with Crippen LogP contribution in [0, 0.1) is 0 Å². The predicted octanol–water partition coefficient (Wildman–Crippen LogP) is 5.99. The quantitative estimate of drug-likeness (QED) is 0.128. The van der Waals surface area contributed by atoms with E-state index in [9.17, 15) is 0 Å².